The van der Waals surface area contributed by atoms with E-state index in [9.17, 15) is 0 Å². The summed E-state index contributed by atoms with van der Waals surface area (Å²) in [6.45, 7) is 6.82. The Balaban J connectivity index is 0.00000264. The summed E-state index contributed by atoms with van der Waals surface area (Å²) in [6.07, 6.45) is 3.06. The molecule has 2 rings (SSSR count). The first-order valence-corrected chi connectivity index (χ1v) is 7.62. The Labute approximate surface area is 144 Å². The summed E-state index contributed by atoms with van der Waals surface area (Å²) in [5.74, 6) is 1.54. The van der Waals surface area contributed by atoms with Crippen LogP contribution in [0.15, 0.2) is 24.4 Å². The van der Waals surface area contributed by atoms with Crippen LogP contribution in [0.3, 0.4) is 0 Å². The van der Waals surface area contributed by atoms with Crippen molar-refractivity contribution in [3.63, 3.8) is 0 Å². The molecule has 1 aromatic carbocycles. The molecule has 0 spiro atoms. The van der Waals surface area contributed by atoms with Gasteiger partial charge in [-0.05, 0) is 44.5 Å². The zero-order valence-corrected chi connectivity index (χ0v) is 15.1. The van der Waals surface area contributed by atoms with E-state index in [4.69, 9.17) is 9.47 Å². The van der Waals surface area contributed by atoms with Gasteiger partial charge in [-0.25, -0.2) is 0 Å². The molecule has 0 fully saturated rings. The van der Waals surface area contributed by atoms with Crippen molar-refractivity contribution in [1.82, 2.24) is 15.1 Å². The van der Waals surface area contributed by atoms with Crippen molar-refractivity contribution in [2.24, 2.45) is 0 Å². The molecule has 0 aliphatic carbocycles. The normalized spacial score (nSPS) is 10.3. The molecule has 0 aliphatic heterocycles. The molecule has 6 heteroatoms. The third-order valence-corrected chi connectivity index (χ3v) is 3.73. The average molecular weight is 340 g/mol. The number of benzene rings is 1. The molecule has 0 radical (unpaired) electrons. The van der Waals surface area contributed by atoms with E-state index >= 15 is 0 Å². The van der Waals surface area contributed by atoms with Crippen LogP contribution < -0.4 is 14.8 Å². The van der Waals surface area contributed by atoms with Gasteiger partial charge in [-0.1, -0.05) is 6.07 Å². The minimum atomic E-state index is 0. The highest BCUT2D eigenvalue weighted by molar-refractivity contribution is 5.85. The van der Waals surface area contributed by atoms with E-state index in [1.54, 1.807) is 14.2 Å². The molecule has 0 unspecified atom stereocenters. The molecule has 0 aliphatic rings. The van der Waals surface area contributed by atoms with Gasteiger partial charge in [-0.15, -0.1) is 12.4 Å². The van der Waals surface area contributed by atoms with E-state index < -0.39 is 0 Å². The van der Waals surface area contributed by atoms with Gasteiger partial charge in [0.15, 0.2) is 11.5 Å². The lowest BCUT2D eigenvalue weighted by atomic mass is 10.1. The zero-order valence-electron chi connectivity index (χ0n) is 14.3. The van der Waals surface area contributed by atoms with Crippen molar-refractivity contribution in [2.45, 2.75) is 33.4 Å². The Kier molecular flexibility index (Phi) is 7.92. The summed E-state index contributed by atoms with van der Waals surface area (Å²) in [5, 5.41) is 7.92. The summed E-state index contributed by atoms with van der Waals surface area (Å²) in [5.41, 5.74) is 3.58. The maximum atomic E-state index is 5.33. The highest BCUT2D eigenvalue weighted by Gasteiger charge is 2.05. The van der Waals surface area contributed by atoms with Gasteiger partial charge in [0.25, 0.3) is 0 Å². The molecule has 0 bridgehead atoms. The molecule has 0 amide bonds. The quantitative estimate of drug-likeness (QED) is 0.751. The zero-order chi connectivity index (χ0) is 15.9. The second kappa shape index (κ2) is 9.43. The number of nitrogens with one attached hydrogen (secondary N) is 1. The lowest BCUT2D eigenvalue weighted by Crippen LogP contribution is -2.17. The molecule has 1 aromatic heterocycles. The molecule has 5 nitrogen and oxygen atoms in total. The van der Waals surface area contributed by atoms with Crippen LogP contribution in [0.25, 0.3) is 0 Å². The summed E-state index contributed by atoms with van der Waals surface area (Å²) in [7, 11) is 3.31. The summed E-state index contributed by atoms with van der Waals surface area (Å²) in [6, 6.07) is 6.05. The summed E-state index contributed by atoms with van der Waals surface area (Å²) < 4.78 is 12.6. The van der Waals surface area contributed by atoms with Crippen LogP contribution in [-0.4, -0.2) is 30.5 Å². The molecule has 2 aromatic rings. The number of hydrogen-bond donors (Lipinski definition) is 1. The van der Waals surface area contributed by atoms with Crippen LogP contribution in [0.2, 0.25) is 0 Å². The van der Waals surface area contributed by atoms with E-state index in [1.807, 2.05) is 16.8 Å². The van der Waals surface area contributed by atoms with Gasteiger partial charge < -0.3 is 14.8 Å². The predicted molar refractivity (Wildman–Crippen MR) is 94.8 cm³/mol. The highest BCUT2D eigenvalue weighted by atomic mass is 35.5. The predicted octanol–water partition coefficient (Wildman–Crippen LogP) is 2.98. The molecular weight excluding hydrogens is 314 g/mol. The first-order chi connectivity index (χ1) is 10.7. The topological polar surface area (TPSA) is 48.3 Å². The molecule has 1 heterocycles. The average Bonchev–Trinajstić information content (AvgIpc) is 2.91. The standard InChI is InChI=1S/C17H25N3O2.ClH/c1-5-20-12-15(13(2)19-20)11-18-9-8-14-6-7-16(21-3)17(10-14)22-4;/h6-7,10,12,18H,5,8-9,11H2,1-4H3;1H. The van der Waals surface area contributed by atoms with E-state index in [0.717, 1.165) is 43.2 Å². The fourth-order valence-corrected chi connectivity index (χ4v) is 2.39. The van der Waals surface area contributed by atoms with E-state index in [0.29, 0.717) is 0 Å². The lowest BCUT2D eigenvalue weighted by Gasteiger charge is -2.10. The molecular formula is C17H26ClN3O2. The van der Waals surface area contributed by atoms with Crippen LogP contribution in [0.1, 0.15) is 23.7 Å². The molecule has 0 saturated carbocycles. The van der Waals surface area contributed by atoms with E-state index in [1.165, 1.54) is 11.1 Å². The van der Waals surface area contributed by atoms with Crippen LogP contribution in [-0.2, 0) is 19.5 Å². The first-order valence-electron chi connectivity index (χ1n) is 7.62. The largest absolute Gasteiger partial charge is 0.493 e. The Morgan fingerprint density at radius 1 is 1.17 bits per heavy atom. The van der Waals surface area contributed by atoms with Crippen LogP contribution in [0.5, 0.6) is 11.5 Å². The maximum absolute atomic E-state index is 5.33. The Hall–Kier alpha value is -1.72. The third kappa shape index (κ3) is 5.15. The molecule has 0 saturated heterocycles. The fraction of sp³-hybridized carbons (Fsp3) is 0.471. The Morgan fingerprint density at radius 2 is 1.91 bits per heavy atom. The summed E-state index contributed by atoms with van der Waals surface area (Å²) >= 11 is 0. The van der Waals surface area contributed by atoms with Gasteiger partial charge in [0.05, 0.1) is 19.9 Å². The van der Waals surface area contributed by atoms with Crippen molar-refractivity contribution < 1.29 is 9.47 Å². The van der Waals surface area contributed by atoms with Crippen molar-refractivity contribution in [1.29, 1.82) is 0 Å². The number of methoxy groups -OCH3 is 2. The second-order valence-corrected chi connectivity index (χ2v) is 5.21. The third-order valence-electron chi connectivity index (χ3n) is 3.73. The summed E-state index contributed by atoms with van der Waals surface area (Å²) in [4.78, 5) is 0. The Bertz CT molecular complexity index is 614. The van der Waals surface area contributed by atoms with Crippen molar-refractivity contribution in [3.8, 4) is 11.5 Å². The number of ether oxygens (including phenoxy) is 2. The SMILES string of the molecule is CCn1cc(CNCCc2ccc(OC)c(OC)c2)c(C)n1.Cl. The van der Waals surface area contributed by atoms with E-state index in [2.05, 4.69) is 36.5 Å². The molecule has 23 heavy (non-hydrogen) atoms. The number of nitrogens with zero attached hydrogens (tertiary/aromatic N) is 2. The van der Waals surface area contributed by atoms with Gasteiger partial charge in [-0.3, -0.25) is 4.68 Å². The minimum absolute atomic E-state index is 0. The number of aromatic nitrogens is 2. The van der Waals surface area contributed by atoms with Crippen molar-refractivity contribution in [3.05, 3.63) is 41.2 Å². The second-order valence-electron chi connectivity index (χ2n) is 5.21. The molecule has 0 atom stereocenters. The van der Waals surface area contributed by atoms with Crippen LogP contribution in [0.4, 0.5) is 0 Å². The van der Waals surface area contributed by atoms with Gasteiger partial charge in [0.2, 0.25) is 0 Å². The monoisotopic (exact) mass is 339 g/mol. The van der Waals surface area contributed by atoms with Gasteiger partial charge >= 0.3 is 0 Å². The fourth-order valence-electron chi connectivity index (χ4n) is 2.39. The number of aryl methyl sites for hydroxylation is 2. The van der Waals surface area contributed by atoms with Crippen LogP contribution in [0, 0.1) is 6.92 Å². The van der Waals surface area contributed by atoms with Crippen molar-refractivity contribution >= 4 is 12.4 Å². The van der Waals surface area contributed by atoms with Gasteiger partial charge in [0.1, 0.15) is 0 Å². The molecule has 128 valence electrons. The van der Waals surface area contributed by atoms with Crippen LogP contribution >= 0.6 is 12.4 Å². The van der Waals surface area contributed by atoms with Crippen molar-refractivity contribution in [2.75, 3.05) is 20.8 Å². The van der Waals surface area contributed by atoms with Gasteiger partial charge in [0, 0.05) is 24.8 Å². The van der Waals surface area contributed by atoms with E-state index in [-0.39, 0.29) is 12.4 Å². The van der Waals surface area contributed by atoms with Gasteiger partial charge in [-0.2, -0.15) is 5.10 Å². The number of halogens is 1. The smallest absolute Gasteiger partial charge is 0.160 e. The number of hydrogen-bond acceptors (Lipinski definition) is 4. The minimum Gasteiger partial charge on any atom is -0.493 e. The maximum Gasteiger partial charge on any atom is 0.160 e. The highest BCUT2D eigenvalue weighted by Crippen LogP contribution is 2.27. The number of rotatable bonds is 8. The Morgan fingerprint density at radius 3 is 2.52 bits per heavy atom. The molecule has 1 N–H and O–H groups in total. The lowest BCUT2D eigenvalue weighted by molar-refractivity contribution is 0.354. The first kappa shape index (κ1) is 19.3.